The molecule has 0 atom stereocenters. The summed E-state index contributed by atoms with van der Waals surface area (Å²) in [6.07, 6.45) is 6.74. The number of nitrogens with zero attached hydrogens (tertiary/aromatic N) is 3. The maximum Gasteiger partial charge on any atom is 0.0562 e. The molecular formula is C42H29N3. The molecule has 0 saturated carbocycles. The fourth-order valence-electron chi connectivity index (χ4n) is 7.86. The van der Waals surface area contributed by atoms with Gasteiger partial charge in [0.1, 0.15) is 0 Å². The third-order valence-electron chi connectivity index (χ3n) is 9.69. The fraction of sp³-hybridized carbons (Fsp3) is 0.0476. The van der Waals surface area contributed by atoms with Crippen molar-refractivity contribution >= 4 is 60.6 Å². The lowest BCUT2D eigenvalue weighted by Gasteiger charge is -2.15. The van der Waals surface area contributed by atoms with Crippen LogP contribution in [0, 0.1) is 0 Å². The molecule has 0 amide bonds. The van der Waals surface area contributed by atoms with Crippen molar-refractivity contribution < 1.29 is 0 Å². The zero-order valence-electron chi connectivity index (χ0n) is 24.7. The van der Waals surface area contributed by atoms with Crippen LogP contribution in [0.2, 0.25) is 0 Å². The van der Waals surface area contributed by atoms with Crippen LogP contribution in [-0.4, -0.2) is 13.7 Å². The van der Waals surface area contributed by atoms with E-state index in [1.165, 1.54) is 77.1 Å². The van der Waals surface area contributed by atoms with Gasteiger partial charge in [-0.2, -0.15) is 0 Å². The van der Waals surface area contributed by atoms with Gasteiger partial charge in [-0.25, -0.2) is 0 Å². The molecule has 3 heterocycles. The second kappa shape index (κ2) is 9.35. The van der Waals surface area contributed by atoms with Gasteiger partial charge in [0.15, 0.2) is 0 Å². The van der Waals surface area contributed by atoms with Crippen LogP contribution >= 0.6 is 0 Å². The number of benzene rings is 6. The lowest BCUT2D eigenvalue weighted by molar-refractivity contribution is 0.892. The number of hydrogen-bond donors (Lipinski definition) is 0. The Morgan fingerprint density at radius 1 is 0.422 bits per heavy atom. The van der Waals surface area contributed by atoms with Crippen LogP contribution in [0.4, 0.5) is 0 Å². The van der Waals surface area contributed by atoms with E-state index >= 15 is 0 Å². The van der Waals surface area contributed by atoms with E-state index in [2.05, 4.69) is 165 Å². The minimum atomic E-state index is 1.04. The number of aromatic nitrogens is 3. The van der Waals surface area contributed by atoms with Crippen molar-refractivity contribution in [3.63, 3.8) is 0 Å². The summed E-state index contributed by atoms with van der Waals surface area (Å²) in [5.41, 5.74) is 12.5. The Bertz CT molecular complexity index is 2640. The van der Waals surface area contributed by atoms with Crippen LogP contribution in [0.1, 0.15) is 17.7 Å². The Morgan fingerprint density at radius 2 is 1.04 bits per heavy atom. The molecule has 3 aromatic heterocycles. The molecule has 6 aromatic carbocycles. The van der Waals surface area contributed by atoms with Crippen molar-refractivity contribution in [2.75, 3.05) is 0 Å². The van der Waals surface area contributed by atoms with Crippen LogP contribution in [0.3, 0.4) is 0 Å². The first-order valence-electron chi connectivity index (χ1n) is 15.8. The minimum Gasteiger partial charge on any atom is -0.312 e. The van der Waals surface area contributed by atoms with E-state index in [0.29, 0.717) is 0 Å². The number of allylic oxidation sites excluding steroid dienone is 1. The highest BCUT2D eigenvalue weighted by molar-refractivity contribution is 6.15. The Balaban J connectivity index is 1.30. The molecule has 0 radical (unpaired) electrons. The van der Waals surface area contributed by atoms with Crippen LogP contribution in [-0.2, 0) is 6.42 Å². The third kappa shape index (κ3) is 3.41. The molecule has 0 saturated heterocycles. The van der Waals surface area contributed by atoms with Crippen LogP contribution < -0.4 is 0 Å². The first kappa shape index (κ1) is 24.6. The Hall–Kier alpha value is -5.80. The zero-order valence-corrected chi connectivity index (χ0v) is 24.7. The summed E-state index contributed by atoms with van der Waals surface area (Å²) < 4.78 is 7.39. The van der Waals surface area contributed by atoms with Gasteiger partial charge in [0.25, 0.3) is 0 Å². The molecule has 212 valence electrons. The molecule has 1 aliphatic rings. The number of hydrogen-bond acceptors (Lipinski definition) is 0. The number of rotatable bonds is 3. The van der Waals surface area contributed by atoms with Gasteiger partial charge in [0.05, 0.1) is 33.3 Å². The second-order valence-electron chi connectivity index (χ2n) is 12.1. The third-order valence-corrected chi connectivity index (χ3v) is 9.69. The highest BCUT2D eigenvalue weighted by Gasteiger charge is 2.23. The zero-order chi connectivity index (χ0) is 29.5. The van der Waals surface area contributed by atoms with Crippen LogP contribution in [0.5, 0.6) is 0 Å². The largest absolute Gasteiger partial charge is 0.312 e. The van der Waals surface area contributed by atoms with Gasteiger partial charge in [-0.15, -0.1) is 0 Å². The number of para-hydroxylation sites is 4. The SMILES string of the molecule is C1=Cc2c(n(-c3cccc4c3c3ccccc3n4-c3ccc4c5ccccc5n(-c5ccccc5)c4c3)c3ccccc23)CC1. The molecular weight excluding hydrogens is 546 g/mol. The first-order chi connectivity index (χ1) is 22.4. The number of fused-ring (bicyclic) bond motifs is 9. The lowest BCUT2D eigenvalue weighted by Crippen LogP contribution is -2.03. The summed E-state index contributed by atoms with van der Waals surface area (Å²) in [4.78, 5) is 0. The van der Waals surface area contributed by atoms with E-state index < -0.39 is 0 Å². The van der Waals surface area contributed by atoms with Gasteiger partial charge in [-0.1, -0.05) is 97.1 Å². The van der Waals surface area contributed by atoms with E-state index in [4.69, 9.17) is 0 Å². The van der Waals surface area contributed by atoms with E-state index in [0.717, 1.165) is 18.5 Å². The molecule has 0 fully saturated rings. The standard InChI is InChI=1S/C42H29N3/c1-2-13-28(14-3-1)43-35-19-8-4-17-32(35)33-26-25-29(27-41(33)43)44-38-22-11-7-18-34(38)42-39(44)23-12-24-40(42)45-36-20-9-5-15-30(36)31-16-6-10-21-37(31)45/h1-9,11-20,22-27H,10,21H2. The summed E-state index contributed by atoms with van der Waals surface area (Å²) in [5, 5.41) is 6.41. The van der Waals surface area contributed by atoms with E-state index in [1.807, 2.05) is 0 Å². The Labute approximate surface area is 260 Å². The van der Waals surface area contributed by atoms with E-state index in [9.17, 15) is 0 Å². The summed E-state index contributed by atoms with van der Waals surface area (Å²) >= 11 is 0. The van der Waals surface area contributed by atoms with E-state index in [1.54, 1.807) is 0 Å². The van der Waals surface area contributed by atoms with Crippen molar-refractivity contribution in [2.24, 2.45) is 0 Å². The molecule has 9 aromatic rings. The average Bonchev–Trinajstić information content (AvgIpc) is 3.74. The molecule has 1 aliphatic carbocycles. The second-order valence-corrected chi connectivity index (χ2v) is 12.1. The van der Waals surface area contributed by atoms with Gasteiger partial charge in [-0.05, 0) is 67.4 Å². The summed E-state index contributed by atoms with van der Waals surface area (Å²) in [7, 11) is 0. The van der Waals surface area contributed by atoms with Gasteiger partial charge in [0, 0.05) is 49.6 Å². The molecule has 0 aliphatic heterocycles. The molecule has 3 nitrogen and oxygen atoms in total. The predicted molar refractivity (Wildman–Crippen MR) is 189 cm³/mol. The average molecular weight is 576 g/mol. The molecule has 0 bridgehead atoms. The summed E-state index contributed by atoms with van der Waals surface area (Å²) in [5.74, 6) is 0. The quantitative estimate of drug-likeness (QED) is 0.199. The minimum absolute atomic E-state index is 1.04. The summed E-state index contributed by atoms with van der Waals surface area (Å²) in [6.45, 7) is 0. The highest BCUT2D eigenvalue weighted by atomic mass is 15.0. The van der Waals surface area contributed by atoms with Gasteiger partial charge >= 0.3 is 0 Å². The Morgan fingerprint density at radius 3 is 1.87 bits per heavy atom. The van der Waals surface area contributed by atoms with Gasteiger partial charge < -0.3 is 13.7 Å². The van der Waals surface area contributed by atoms with Gasteiger partial charge in [-0.3, -0.25) is 0 Å². The maximum absolute atomic E-state index is 2.53. The van der Waals surface area contributed by atoms with Crippen molar-refractivity contribution in [1.29, 1.82) is 0 Å². The topological polar surface area (TPSA) is 14.8 Å². The monoisotopic (exact) mass is 575 g/mol. The molecule has 3 heteroatoms. The summed E-state index contributed by atoms with van der Waals surface area (Å²) in [6, 6.07) is 51.0. The molecule has 10 rings (SSSR count). The van der Waals surface area contributed by atoms with Crippen molar-refractivity contribution in [3.8, 4) is 17.1 Å². The van der Waals surface area contributed by atoms with E-state index in [-0.39, 0.29) is 0 Å². The molecule has 0 N–H and O–H groups in total. The van der Waals surface area contributed by atoms with Crippen LogP contribution in [0.25, 0.3) is 77.7 Å². The smallest absolute Gasteiger partial charge is 0.0562 e. The van der Waals surface area contributed by atoms with Crippen molar-refractivity contribution in [2.45, 2.75) is 12.8 Å². The highest BCUT2D eigenvalue weighted by Crippen LogP contribution is 2.41. The molecule has 45 heavy (non-hydrogen) atoms. The van der Waals surface area contributed by atoms with Gasteiger partial charge in [0.2, 0.25) is 0 Å². The van der Waals surface area contributed by atoms with Crippen LogP contribution in [0.15, 0.2) is 146 Å². The normalized spacial score (nSPS) is 13.1. The molecule has 0 unspecified atom stereocenters. The predicted octanol–water partition coefficient (Wildman–Crippen LogP) is 10.8. The van der Waals surface area contributed by atoms with Crippen molar-refractivity contribution in [1.82, 2.24) is 13.7 Å². The fourth-order valence-corrected chi connectivity index (χ4v) is 7.86. The molecule has 0 spiro atoms. The lowest BCUT2D eigenvalue weighted by atomic mass is 10.0. The Kier molecular flexibility index (Phi) is 5.11. The first-order valence-corrected chi connectivity index (χ1v) is 15.8. The van der Waals surface area contributed by atoms with Crippen molar-refractivity contribution in [3.05, 3.63) is 157 Å². The maximum atomic E-state index is 2.53.